The van der Waals surface area contributed by atoms with Gasteiger partial charge >= 0.3 is 5.97 Å². The van der Waals surface area contributed by atoms with Gasteiger partial charge in [-0.15, -0.1) is 11.3 Å². The van der Waals surface area contributed by atoms with Crippen LogP contribution in [0.2, 0.25) is 0 Å². The number of halogens is 1. The predicted molar refractivity (Wildman–Crippen MR) is 90.3 cm³/mol. The molecule has 24 heavy (non-hydrogen) atoms. The first-order valence-corrected chi connectivity index (χ1v) is 8.47. The van der Waals surface area contributed by atoms with Crippen LogP contribution in [0.25, 0.3) is 10.6 Å². The van der Waals surface area contributed by atoms with E-state index in [0.717, 1.165) is 0 Å². The van der Waals surface area contributed by atoms with Gasteiger partial charge in [0.05, 0.1) is 12.1 Å². The van der Waals surface area contributed by atoms with E-state index in [-0.39, 0.29) is 12.2 Å². The molecule has 0 aliphatic rings. The number of hydrogen-bond acceptors (Lipinski definition) is 4. The molecule has 1 aromatic carbocycles. The van der Waals surface area contributed by atoms with Crippen LogP contribution in [0.15, 0.2) is 29.6 Å². The fourth-order valence-corrected chi connectivity index (χ4v) is 3.20. The lowest BCUT2D eigenvalue weighted by molar-refractivity contribution is -0.147. The zero-order valence-electron chi connectivity index (χ0n) is 13.5. The molecule has 7 heteroatoms. The highest BCUT2D eigenvalue weighted by Gasteiger charge is 2.33. The van der Waals surface area contributed by atoms with Crippen LogP contribution >= 0.6 is 11.3 Å². The van der Waals surface area contributed by atoms with E-state index in [1.165, 1.54) is 30.4 Å². The van der Waals surface area contributed by atoms with Crippen molar-refractivity contribution in [2.24, 2.45) is 0 Å². The Balaban J connectivity index is 2.06. The normalized spacial score (nSPS) is 13.3. The highest BCUT2D eigenvalue weighted by atomic mass is 32.1. The largest absolute Gasteiger partial charge is 0.480 e. The number of aliphatic carboxylic acids is 1. The van der Waals surface area contributed by atoms with E-state index >= 15 is 0 Å². The Labute approximate surface area is 143 Å². The van der Waals surface area contributed by atoms with Crippen LogP contribution in [0.4, 0.5) is 4.39 Å². The monoisotopic (exact) mass is 350 g/mol. The summed E-state index contributed by atoms with van der Waals surface area (Å²) in [5.74, 6) is -1.81. The van der Waals surface area contributed by atoms with Crippen molar-refractivity contribution in [2.45, 2.75) is 38.6 Å². The van der Waals surface area contributed by atoms with E-state index < -0.39 is 17.4 Å². The third-order valence-corrected chi connectivity index (χ3v) is 4.54. The fourth-order valence-electron chi connectivity index (χ4n) is 2.38. The summed E-state index contributed by atoms with van der Waals surface area (Å²) in [6.07, 6.45) is 0.974. The van der Waals surface area contributed by atoms with E-state index in [1.54, 1.807) is 17.5 Å². The first-order valence-electron chi connectivity index (χ1n) is 7.59. The molecule has 1 heterocycles. The third kappa shape index (κ3) is 4.38. The van der Waals surface area contributed by atoms with Crippen molar-refractivity contribution in [2.75, 3.05) is 0 Å². The van der Waals surface area contributed by atoms with E-state index in [2.05, 4.69) is 10.3 Å². The summed E-state index contributed by atoms with van der Waals surface area (Å²) in [6, 6.07) is 6.08. The lowest BCUT2D eigenvalue weighted by Crippen LogP contribution is -2.52. The van der Waals surface area contributed by atoms with Crippen molar-refractivity contribution in [3.05, 3.63) is 41.2 Å². The topological polar surface area (TPSA) is 79.3 Å². The number of amides is 1. The molecule has 5 nitrogen and oxygen atoms in total. The molecule has 2 aromatic rings. The van der Waals surface area contributed by atoms with Crippen LogP contribution in [0, 0.1) is 5.82 Å². The summed E-state index contributed by atoms with van der Waals surface area (Å²) >= 11 is 1.31. The molecule has 0 saturated carbocycles. The van der Waals surface area contributed by atoms with Gasteiger partial charge in [-0.05, 0) is 25.5 Å². The number of hydrogen-bond donors (Lipinski definition) is 2. The molecule has 128 valence electrons. The maximum absolute atomic E-state index is 13.3. The second-order valence-corrected chi connectivity index (χ2v) is 6.62. The van der Waals surface area contributed by atoms with E-state index in [1.807, 2.05) is 6.92 Å². The molecule has 0 radical (unpaired) electrons. The van der Waals surface area contributed by atoms with Crippen LogP contribution in [-0.2, 0) is 16.0 Å². The highest BCUT2D eigenvalue weighted by Crippen LogP contribution is 2.24. The molecular weight excluding hydrogens is 331 g/mol. The Morgan fingerprint density at radius 1 is 1.42 bits per heavy atom. The van der Waals surface area contributed by atoms with Crippen molar-refractivity contribution < 1.29 is 19.1 Å². The standard InChI is InChI=1S/C17H19FN2O3S/c1-3-7-17(2,16(22)23)20-14(21)9-13-10-24-15(19-13)11-5-4-6-12(18)8-11/h4-6,8,10H,3,7,9H2,1-2H3,(H,20,21)(H,22,23). The van der Waals surface area contributed by atoms with Crippen LogP contribution < -0.4 is 5.32 Å². The second-order valence-electron chi connectivity index (χ2n) is 5.77. The van der Waals surface area contributed by atoms with Crippen LogP contribution in [0.3, 0.4) is 0 Å². The summed E-state index contributed by atoms with van der Waals surface area (Å²) < 4.78 is 13.3. The van der Waals surface area contributed by atoms with Gasteiger partial charge in [0, 0.05) is 10.9 Å². The highest BCUT2D eigenvalue weighted by molar-refractivity contribution is 7.13. The predicted octanol–water partition coefficient (Wildman–Crippen LogP) is 3.25. The number of carboxylic acids is 1. The number of thiazole rings is 1. The lowest BCUT2D eigenvalue weighted by atomic mass is 9.96. The average Bonchev–Trinajstić information content (AvgIpc) is 2.95. The average molecular weight is 350 g/mol. The number of carbonyl (C=O) groups excluding carboxylic acids is 1. The van der Waals surface area contributed by atoms with E-state index in [9.17, 15) is 19.1 Å². The number of rotatable bonds is 7. The Bertz CT molecular complexity index is 747. The fraction of sp³-hybridized carbons (Fsp3) is 0.353. The summed E-state index contributed by atoms with van der Waals surface area (Å²) in [7, 11) is 0. The molecule has 2 N–H and O–H groups in total. The van der Waals surface area contributed by atoms with Gasteiger partial charge in [-0.3, -0.25) is 4.79 Å². The van der Waals surface area contributed by atoms with Gasteiger partial charge in [0.15, 0.2) is 0 Å². The van der Waals surface area contributed by atoms with Crippen molar-refractivity contribution in [1.82, 2.24) is 10.3 Å². The molecule has 0 aliphatic heterocycles. The third-order valence-electron chi connectivity index (χ3n) is 3.60. The number of benzene rings is 1. The lowest BCUT2D eigenvalue weighted by Gasteiger charge is -2.25. The maximum Gasteiger partial charge on any atom is 0.329 e. The number of aromatic nitrogens is 1. The molecular formula is C17H19FN2O3S. The zero-order chi connectivity index (χ0) is 17.7. The minimum atomic E-state index is -1.28. The van der Waals surface area contributed by atoms with Crippen LogP contribution in [0.1, 0.15) is 32.4 Å². The zero-order valence-corrected chi connectivity index (χ0v) is 14.3. The summed E-state index contributed by atoms with van der Waals surface area (Å²) in [5, 5.41) is 14.2. The first kappa shape index (κ1) is 18.1. The molecule has 0 saturated heterocycles. The van der Waals surface area contributed by atoms with Gasteiger partial charge in [-0.25, -0.2) is 14.2 Å². The molecule has 1 atom stereocenters. The van der Waals surface area contributed by atoms with Crippen molar-refractivity contribution in [3.63, 3.8) is 0 Å². The summed E-state index contributed by atoms with van der Waals surface area (Å²) in [4.78, 5) is 27.8. The first-order chi connectivity index (χ1) is 11.3. The Hall–Kier alpha value is -2.28. The minimum absolute atomic E-state index is 0.0155. The molecule has 1 aromatic heterocycles. The van der Waals surface area contributed by atoms with Gasteiger partial charge in [0.25, 0.3) is 0 Å². The van der Waals surface area contributed by atoms with Gasteiger partial charge in [0.1, 0.15) is 16.4 Å². The number of carboxylic acid groups (broad SMARTS) is 1. The summed E-state index contributed by atoms with van der Waals surface area (Å²) in [5.41, 5.74) is -0.109. The van der Waals surface area contributed by atoms with E-state index in [4.69, 9.17) is 0 Å². The molecule has 0 spiro atoms. The molecule has 1 unspecified atom stereocenters. The van der Waals surface area contributed by atoms with Gasteiger partial charge < -0.3 is 10.4 Å². The number of nitrogens with one attached hydrogen (secondary N) is 1. The molecule has 0 aliphatic carbocycles. The Kier molecular flexibility index (Phi) is 5.66. The number of carbonyl (C=O) groups is 2. The van der Waals surface area contributed by atoms with Crippen molar-refractivity contribution in [3.8, 4) is 10.6 Å². The minimum Gasteiger partial charge on any atom is -0.480 e. The molecule has 0 bridgehead atoms. The van der Waals surface area contributed by atoms with Crippen LogP contribution in [0.5, 0.6) is 0 Å². The van der Waals surface area contributed by atoms with Crippen molar-refractivity contribution >= 4 is 23.2 Å². The molecule has 1 amide bonds. The SMILES string of the molecule is CCCC(C)(NC(=O)Cc1csc(-c2cccc(F)c2)n1)C(=O)O. The van der Waals surface area contributed by atoms with Gasteiger partial charge in [-0.2, -0.15) is 0 Å². The van der Waals surface area contributed by atoms with Crippen LogP contribution in [-0.4, -0.2) is 27.5 Å². The van der Waals surface area contributed by atoms with Crippen molar-refractivity contribution in [1.29, 1.82) is 0 Å². The van der Waals surface area contributed by atoms with E-state index in [0.29, 0.717) is 29.1 Å². The van der Waals surface area contributed by atoms with Gasteiger partial charge in [-0.1, -0.05) is 25.5 Å². The quantitative estimate of drug-likeness (QED) is 0.803. The number of nitrogens with zero attached hydrogens (tertiary/aromatic N) is 1. The summed E-state index contributed by atoms with van der Waals surface area (Å²) in [6.45, 7) is 3.36. The molecule has 2 rings (SSSR count). The molecule has 0 fully saturated rings. The van der Waals surface area contributed by atoms with Gasteiger partial charge in [0.2, 0.25) is 5.91 Å². The Morgan fingerprint density at radius 2 is 2.17 bits per heavy atom. The second kappa shape index (κ2) is 7.53. The smallest absolute Gasteiger partial charge is 0.329 e. The Morgan fingerprint density at radius 3 is 2.79 bits per heavy atom. The maximum atomic E-state index is 13.3.